The molecule has 2 fully saturated rings. The number of allylic oxidation sites excluding steroid dienone is 1. The van der Waals surface area contributed by atoms with E-state index in [4.69, 9.17) is 9.84 Å². The SMILES string of the molecule is CC1=C2CCC(C)(O)C2C2OC(=O)C(CN(C)CC(=CC(=O)O)C(=O)O)C2CC1. The van der Waals surface area contributed by atoms with Gasteiger partial charge in [-0.05, 0) is 46.6 Å². The Morgan fingerprint density at radius 3 is 2.62 bits per heavy atom. The molecule has 0 spiro atoms. The number of likely N-dealkylation sites (N-methyl/N-ethyl adjacent to an activating group) is 1. The summed E-state index contributed by atoms with van der Waals surface area (Å²) in [5.74, 6) is -3.65. The second-order valence-electron chi connectivity index (χ2n) is 8.86. The number of esters is 1. The van der Waals surface area contributed by atoms with Crippen LogP contribution < -0.4 is 0 Å². The summed E-state index contributed by atoms with van der Waals surface area (Å²) >= 11 is 0. The fourth-order valence-corrected chi connectivity index (χ4v) is 5.27. The molecule has 0 aromatic rings. The largest absolute Gasteiger partial charge is 0.478 e. The number of ether oxygens (including phenoxy) is 1. The lowest BCUT2D eigenvalue weighted by atomic mass is 9.77. The number of aliphatic carboxylic acids is 2. The Balaban J connectivity index is 1.78. The highest BCUT2D eigenvalue weighted by Crippen LogP contribution is 2.52. The van der Waals surface area contributed by atoms with E-state index in [2.05, 4.69) is 6.92 Å². The van der Waals surface area contributed by atoms with Gasteiger partial charge < -0.3 is 25.0 Å². The maximum atomic E-state index is 12.7. The maximum absolute atomic E-state index is 12.7. The van der Waals surface area contributed by atoms with Crippen LogP contribution in [0.1, 0.15) is 39.5 Å². The first kappa shape index (κ1) is 21.5. The van der Waals surface area contributed by atoms with Crippen molar-refractivity contribution in [1.29, 1.82) is 0 Å². The molecule has 3 N–H and O–H groups in total. The van der Waals surface area contributed by atoms with Gasteiger partial charge in [0.05, 0.1) is 17.1 Å². The van der Waals surface area contributed by atoms with Crippen LogP contribution in [0.3, 0.4) is 0 Å². The van der Waals surface area contributed by atoms with Crippen LogP contribution in [0.4, 0.5) is 0 Å². The van der Waals surface area contributed by atoms with Gasteiger partial charge in [0.2, 0.25) is 0 Å². The molecule has 0 aromatic carbocycles. The minimum atomic E-state index is -1.32. The minimum Gasteiger partial charge on any atom is -0.478 e. The summed E-state index contributed by atoms with van der Waals surface area (Å²) in [4.78, 5) is 36.5. The number of hydrogen-bond donors (Lipinski definition) is 3. The molecule has 3 aliphatic rings. The van der Waals surface area contributed by atoms with Crippen LogP contribution in [-0.2, 0) is 19.1 Å². The van der Waals surface area contributed by atoms with Crippen molar-refractivity contribution < 1.29 is 34.4 Å². The molecule has 3 rings (SSSR count). The molecule has 0 aromatic heterocycles. The molecule has 1 aliphatic heterocycles. The number of nitrogens with zero attached hydrogens (tertiary/aromatic N) is 1. The Bertz CT molecular complexity index is 782. The second kappa shape index (κ2) is 7.91. The Morgan fingerprint density at radius 1 is 1.31 bits per heavy atom. The molecule has 8 nitrogen and oxygen atoms in total. The number of aliphatic hydroxyl groups is 1. The van der Waals surface area contributed by atoms with Gasteiger partial charge in [0.15, 0.2) is 0 Å². The van der Waals surface area contributed by atoms with Gasteiger partial charge in [0.1, 0.15) is 6.10 Å². The summed E-state index contributed by atoms with van der Waals surface area (Å²) in [7, 11) is 1.66. The quantitative estimate of drug-likeness (QED) is 0.343. The van der Waals surface area contributed by atoms with Crippen molar-refractivity contribution in [3.8, 4) is 0 Å². The molecule has 5 atom stereocenters. The summed E-state index contributed by atoms with van der Waals surface area (Å²) in [6, 6.07) is 0. The lowest BCUT2D eigenvalue weighted by Crippen LogP contribution is -2.41. The van der Waals surface area contributed by atoms with Crippen molar-refractivity contribution >= 4 is 17.9 Å². The van der Waals surface area contributed by atoms with E-state index in [1.165, 1.54) is 11.1 Å². The third kappa shape index (κ3) is 4.23. The average Bonchev–Trinajstić information content (AvgIpc) is 3.02. The molecule has 1 saturated heterocycles. The lowest BCUT2D eigenvalue weighted by Gasteiger charge is -2.33. The van der Waals surface area contributed by atoms with Crippen LogP contribution in [0.15, 0.2) is 22.8 Å². The Morgan fingerprint density at radius 2 is 2.00 bits per heavy atom. The minimum absolute atomic E-state index is 0.0660. The van der Waals surface area contributed by atoms with Crippen molar-refractivity contribution in [3.05, 3.63) is 22.8 Å². The van der Waals surface area contributed by atoms with Crippen molar-refractivity contribution in [1.82, 2.24) is 4.90 Å². The average molecular weight is 407 g/mol. The monoisotopic (exact) mass is 407 g/mol. The van der Waals surface area contributed by atoms with Gasteiger partial charge in [-0.1, -0.05) is 11.1 Å². The molecule has 2 aliphatic carbocycles. The van der Waals surface area contributed by atoms with Crippen molar-refractivity contribution in [2.45, 2.75) is 51.2 Å². The number of carboxylic acids is 2. The summed E-state index contributed by atoms with van der Waals surface area (Å²) in [6.45, 7) is 4.08. The molecular weight excluding hydrogens is 378 g/mol. The molecule has 1 saturated carbocycles. The highest BCUT2D eigenvalue weighted by atomic mass is 16.6. The van der Waals surface area contributed by atoms with Gasteiger partial charge in [-0.15, -0.1) is 0 Å². The smallest absolute Gasteiger partial charge is 0.333 e. The van der Waals surface area contributed by atoms with Gasteiger partial charge in [0, 0.05) is 31.0 Å². The molecule has 0 radical (unpaired) electrons. The Labute approximate surface area is 169 Å². The van der Waals surface area contributed by atoms with Crippen LogP contribution in [0.5, 0.6) is 0 Å². The third-order valence-corrected chi connectivity index (χ3v) is 6.69. The summed E-state index contributed by atoms with van der Waals surface area (Å²) in [5.41, 5.74) is 1.32. The summed E-state index contributed by atoms with van der Waals surface area (Å²) < 4.78 is 5.79. The van der Waals surface area contributed by atoms with Crippen LogP contribution >= 0.6 is 0 Å². The fraction of sp³-hybridized carbons (Fsp3) is 0.667. The number of rotatable bonds is 6. The zero-order valence-corrected chi connectivity index (χ0v) is 17.1. The standard InChI is InChI=1S/C21H29NO7/c1-11-4-5-14-15(10-22(3)9-12(19(25)26)8-16(23)24)20(27)29-18(14)17-13(11)6-7-21(17,2)28/h8,14-15,17-18,28H,4-7,9-10H2,1-3H3,(H,23,24)(H,25,26). The normalized spacial score (nSPS) is 34.7. The molecule has 160 valence electrons. The fourth-order valence-electron chi connectivity index (χ4n) is 5.27. The van der Waals surface area contributed by atoms with E-state index >= 15 is 0 Å². The van der Waals surface area contributed by atoms with Crippen molar-refractivity contribution in [3.63, 3.8) is 0 Å². The van der Waals surface area contributed by atoms with Crippen molar-refractivity contribution in [2.24, 2.45) is 17.8 Å². The molecule has 29 heavy (non-hydrogen) atoms. The summed E-state index contributed by atoms with van der Waals surface area (Å²) in [6.07, 6.45) is 3.39. The van der Waals surface area contributed by atoms with Crippen LogP contribution in [-0.4, -0.2) is 70.0 Å². The van der Waals surface area contributed by atoms with Gasteiger partial charge in [0.25, 0.3) is 0 Å². The number of fused-ring (bicyclic) bond motifs is 3. The van der Waals surface area contributed by atoms with E-state index in [0.717, 1.165) is 19.3 Å². The van der Waals surface area contributed by atoms with Crippen LogP contribution in [0, 0.1) is 17.8 Å². The third-order valence-electron chi connectivity index (χ3n) is 6.69. The zero-order chi connectivity index (χ0) is 21.5. The predicted octanol–water partition coefficient (Wildman–Crippen LogP) is 1.44. The van der Waals surface area contributed by atoms with E-state index in [-0.39, 0.29) is 42.6 Å². The highest BCUT2D eigenvalue weighted by Gasteiger charge is 2.56. The maximum Gasteiger partial charge on any atom is 0.333 e. The topological polar surface area (TPSA) is 124 Å². The van der Waals surface area contributed by atoms with Gasteiger partial charge in [-0.25, -0.2) is 9.59 Å². The summed E-state index contributed by atoms with van der Waals surface area (Å²) in [5, 5.41) is 29.0. The first-order chi connectivity index (χ1) is 13.5. The zero-order valence-electron chi connectivity index (χ0n) is 17.1. The first-order valence-corrected chi connectivity index (χ1v) is 9.98. The van der Waals surface area contributed by atoms with Gasteiger partial charge in [-0.3, -0.25) is 4.79 Å². The van der Waals surface area contributed by atoms with E-state index in [1.807, 2.05) is 6.92 Å². The lowest BCUT2D eigenvalue weighted by molar-refractivity contribution is -0.148. The predicted molar refractivity (Wildman–Crippen MR) is 103 cm³/mol. The molecule has 8 heteroatoms. The highest BCUT2D eigenvalue weighted by molar-refractivity contribution is 5.95. The van der Waals surface area contributed by atoms with Crippen LogP contribution in [0.2, 0.25) is 0 Å². The van der Waals surface area contributed by atoms with E-state index in [1.54, 1.807) is 11.9 Å². The van der Waals surface area contributed by atoms with E-state index in [0.29, 0.717) is 12.5 Å². The van der Waals surface area contributed by atoms with Crippen molar-refractivity contribution in [2.75, 3.05) is 20.1 Å². The Kier molecular flexibility index (Phi) is 5.87. The molecule has 5 unspecified atom stereocenters. The van der Waals surface area contributed by atoms with E-state index in [9.17, 15) is 24.6 Å². The van der Waals surface area contributed by atoms with Crippen LogP contribution in [0.25, 0.3) is 0 Å². The number of carbonyl (C=O) groups excluding carboxylic acids is 1. The number of carbonyl (C=O) groups is 3. The Hall–Kier alpha value is -2.19. The second-order valence-corrected chi connectivity index (χ2v) is 8.86. The van der Waals surface area contributed by atoms with Gasteiger partial charge in [-0.2, -0.15) is 0 Å². The number of hydrogen-bond acceptors (Lipinski definition) is 6. The molecule has 1 heterocycles. The van der Waals surface area contributed by atoms with Gasteiger partial charge >= 0.3 is 17.9 Å². The first-order valence-electron chi connectivity index (χ1n) is 9.98. The molecule has 0 bridgehead atoms. The molecule has 0 amide bonds. The number of carboxylic acid groups (broad SMARTS) is 2. The van der Waals surface area contributed by atoms with E-state index < -0.39 is 23.5 Å². The molecular formula is C21H29NO7.